The van der Waals surface area contributed by atoms with Gasteiger partial charge in [-0.3, -0.25) is 9.59 Å². The number of amides is 2. The lowest BCUT2D eigenvalue weighted by atomic mass is 10.1. The second-order valence-corrected chi connectivity index (χ2v) is 6.87. The van der Waals surface area contributed by atoms with Gasteiger partial charge in [0, 0.05) is 23.7 Å². The zero-order chi connectivity index (χ0) is 18.1. The molecule has 0 fully saturated rings. The van der Waals surface area contributed by atoms with Gasteiger partial charge >= 0.3 is 0 Å². The maximum atomic E-state index is 12.2. The van der Waals surface area contributed by atoms with E-state index in [-0.39, 0.29) is 11.1 Å². The van der Waals surface area contributed by atoms with Gasteiger partial charge in [0.2, 0.25) is 5.91 Å². The van der Waals surface area contributed by atoms with Gasteiger partial charge in [-0.2, -0.15) is 0 Å². The largest absolute Gasteiger partial charge is 0.355 e. The van der Waals surface area contributed by atoms with Crippen LogP contribution in [0, 0.1) is 0 Å². The van der Waals surface area contributed by atoms with E-state index in [0.717, 1.165) is 22.9 Å². The number of rotatable bonds is 7. The Hall–Kier alpha value is -1.98. The molecule has 4 nitrogen and oxygen atoms in total. The van der Waals surface area contributed by atoms with Crippen molar-refractivity contribution in [2.75, 3.05) is 6.54 Å². The van der Waals surface area contributed by atoms with Crippen LogP contribution in [0.2, 0.25) is 5.02 Å². The van der Waals surface area contributed by atoms with Crippen LogP contribution in [-0.4, -0.2) is 23.7 Å². The first kappa shape index (κ1) is 19.3. The van der Waals surface area contributed by atoms with Crippen molar-refractivity contribution in [1.82, 2.24) is 10.6 Å². The minimum atomic E-state index is -0.590. The molecule has 6 heteroatoms. The predicted molar refractivity (Wildman–Crippen MR) is 104 cm³/mol. The van der Waals surface area contributed by atoms with E-state index in [1.807, 2.05) is 49.4 Å². The lowest BCUT2D eigenvalue weighted by Crippen LogP contribution is -2.46. The number of carbonyl (C=O) groups excluding carboxylic acids is 2. The first-order valence-corrected chi connectivity index (χ1v) is 9.44. The van der Waals surface area contributed by atoms with Gasteiger partial charge in [-0.25, -0.2) is 0 Å². The second-order valence-electron chi connectivity index (χ2n) is 5.48. The molecule has 1 atom stereocenters. The Balaban J connectivity index is 1.93. The molecule has 132 valence electrons. The fraction of sp³-hybridized carbons (Fsp3) is 0.263. The lowest BCUT2D eigenvalue weighted by molar-refractivity contribution is -0.122. The molecular weight excluding hydrogens is 356 g/mol. The minimum Gasteiger partial charge on any atom is -0.355 e. The van der Waals surface area contributed by atoms with E-state index in [1.54, 1.807) is 12.1 Å². The summed E-state index contributed by atoms with van der Waals surface area (Å²) in [5, 5.41) is 6.04. The Morgan fingerprint density at radius 3 is 2.36 bits per heavy atom. The van der Waals surface area contributed by atoms with Crippen molar-refractivity contribution in [2.45, 2.75) is 25.1 Å². The molecule has 0 unspecified atom stereocenters. The van der Waals surface area contributed by atoms with Crippen molar-refractivity contribution in [3.05, 3.63) is 70.7 Å². The molecule has 0 bridgehead atoms. The quantitative estimate of drug-likeness (QED) is 0.767. The van der Waals surface area contributed by atoms with E-state index >= 15 is 0 Å². The molecule has 0 heterocycles. The third kappa shape index (κ3) is 6.80. The molecule has 0 aliphatic carbocycles. The van der Waals surface area contributed by atoms with Crippen LogP contribution in [-0.2, 0) is 17.0 Å². The van der Waals surface area contributed by atoms with E-state index in [4.69, 9.17) is 11.6 Å². The predicted octanol–water partition coefficient (Wildman–Crippen LogP) is 4.03. The monoisotopic (exact) mass is 376 g/mol. The third-order valence-electron chi connectivity index (χ3n) is 3.53. The summed E-state index contributed by atoms with van der Waals surface area (Å²) in [5.41, 5.74) is 2.00. The van der Waals surface area contributed by atoms with E-state index < -0.39 is 6.04 Å². The van der Waals surface area contributed by atoms with Crippen LogP contribution < -0.4 is 10.6 Å². The number of likely N-dealkylation sites (N-methyl/N-ethyl adjacent to an activating group) is 1. The summed E-state index contributed by atoms with van der Waals surface area (Å²) in [4.78, 5) is 24.5. The van der Waals surface area contributed by atoms with Crippen molar-refractivity contribution < 1.29 is 9.59 Å². The van der Waals surface area contributed by atoms with Crippen molar-refractivity contribution in [3.63, 3.8) is 0 Å². The highest BCUT2D eigenvalue weighted by atomic mass is 35.5. The fourth-order valence-electron chi connectivity index (χ4n) is 2.27. The molecule has 0 aliphatic heterocycles. The van der Waals surface area contributed by atoms with Crippen molar-refractivity contribution >= 4 is 34.5 Å². The Kier molecular flexibility index (Phi) is 7.82. The van der Waals surface area contributed by atoms with Gasteiger partial charge in [0.05, 0.1) is 0 Å². The molecule has 2 N–H and O–H groups in total. The highest BCUT2D eigenvalue weighted by Gasteiger charge is 2.20. The van der Waals surface area contributed by atoms with Crippen LogP contribution in [0.25, 0.3) is 0 Å². The van der Waals surface area contributed by atoms with Gasteiger partial charge < -0.3 is 10.6 Å². The van der Waals surface area contributed by atoms with Crippen LogP contribution in [0.5, 0.6) is 0 Å². The summed E-state index contributed by atoms with van der Waals surface area (Å²) in [5.74, 6) is 0.350. The van der Waals surface area contributed by atoms with Crippen LogP contribution in [0.15, 0.2) is 54.6 Å². The molecule has 2 amide bonds. The smallest absolute Gasteiger partial charge is 0.280 e. The summed E-state index contributed by atoms with van der Waals surface area (Å²) >= 11 is 6.99. The minimum absolute atomic E-state index is 0.174. The van der Waals surface area contributed by atoms with Crippen LogP contribution in [0.3, 0.4) is 0 Å². The molecule has 2 aromatic rings. The normalized spacial score (nSPS) is 11.6. The van der Waals surface area contributed by atoms with Gasteiger partial charge in [-0.1, -0.05) is 65.8 Å². The molecule has 2 rings (SSSR count). The first-order chi connectivity index (χ1) is 12.1. The Morgan fingerprint density at radius 1 is 1.04 bits per heavy atom. The summed E-state index contributed by atoms with van der Waals surface area (Å²) in [6, 6.07) is 16.4. The van der Waals surface area contributed by atoms with E-state index in [1.165, 1.54) is 0 Å². The summed E-state index contributed by atoms with van der Waals surface area (Å²) in [7, 11) is 0. The molecule has 0 aromatic heterocycles. The van der Waals surface area contributed by atoms with Gasteiger partial charge in [-0.15, -0.1) is 0 Å². The number of hydrogen-bond acceptors (Lipinski definition) is 3. The SMILES string of the molecule is CCNC(=O)[C@H](Cc1ccccc1)NC(=O)SCc1ccc(Cl)cc1. The van der Waals surface area contributed by atoms with E-state index in [0.29, 0.717) is 23.7 Å². The molecule has 25 heavy (non-hydrogen) atoms. The molecule has 0 radical (unpaired) electrons. The van der Waals surface area contributed by atoms with Gasteiger partial charge in [0.15, 0.2) is 0 Å². The Morgan fingerprint density at radius 2 is 1.72 bits per heavy atom. The second kappa shape index (κ2) is 10.1. The summed E-state index contributed by atoms with van der Waals surface area (Å²) in [6.07, 6.45) is 0.458. The van der Waals surface area contributed by atoms with Crippen LogP contribution in [0.1, 0.15) is 18.1 Å². The fourth-order valence-corrected chi connectivity index (χ4v) is 3.11. The molecular formula is C19H21ClN2O2S. The summed E-state index contributed by atoms with van der Waals surface area (Å²) in [6.45, 7) is 2.38. The number of carbonyl (C=O) groups is 2. The number of hydrogen-bond donors (Lipinski definition) is 2. The summed E-state index contributed by atoms with van der Waals surface area (Å²) < 4.78 is 0. The van der Waals surface area contributed by atoms with Crippen LogP contribution >= 0.6 is 23.4 Å². The molecule has 0 aliphatic rings. The molecule has 0 saturated heterocycles. The van der Waals surface area contributed by atoms with Gasteiger partial charge in [-0.05, 0) is 30.2 Å². The van der Waals surface area contributed by atoms with Crippen LogP contribution in [0.4, 0.5) is 4.79 Å². The maximum absolute atomic E-state index is 12.2. The van der Waals surface area contributed by atoms with E-state index in [9.17, 15) is 9.59 Å². The Labute approximate surface area is 157 Å². The first-order valence-electron chi connectivity index (χ1n) is 8.08. The lowest BCUT2D eigenvalue weighted by Gasteiger charge is -2.18. The average molecular weight is 377 g/mol. The molecule has 2 aromatic carbocycles. The van der Waals surface area contributed by atoms with Crippen molar-refractivity contribution in [2.24, 2.45) is 0 Å². The number of benzene rings is 2. The zero-order valence-corrected chi connectivity index (χ0v) is 15.6. The Bertz CT molecular complexity index is 692. The molecule has 0 spiro atoms. The van der Waals surface area contributed by atoms with Crippen molar-refractivity contribution in [3.8, 4) is 0 Å². The third-order valence-corrected chi connectivity index (χ3v) is 4.64. The number of halogens is 1. The average Bonchev–Trinajstić information content (AvgIpc) is 2.62. The highest BCUT2D eigenvalue weighted by Crippen LogP contribution is 2.16. The number of nitrogens with one attached hydrogen (secondary N) is 2. The van der Waals surface area contributed by atoms with Gasteiger partial charge in [0.1, 0.15) is 6.04 Å². The standard InChI is InChI=1S/C19H21ClN2O2S/c1-2-21-18(23)17(12-14-6-4-3-5-7-14)22-19(24)25-13-15-8-10-16(20)11-9-15/h3-11,17H,2,12-13H2,1H3,(H,21,23)(H,22,24)/t17-/m0/s1. The maximum Gasteiger partial charge on any atom is 0.280 e. The van der Waals surface area contributed by atoms with E-state index in [2.05, 4.69) is 10.6 Å². The topological polar surface area (TPSA) is 58.2 Å². The molecule has 0 saturated carbocycles. The zero-order valence-electron chi connectivity index (χ0n) is 14.0. The van der Waals surface area contributed by atoms with Gasteiger partial charge in [0.25, 0.3) is 5.24 Å². The highest BCUT2D eigenvalue weighted by molar-refractivity contribution is 8.12. The number of thioether (sulfide) groups is 1. The van der Waals surface area contributed by atoms with Crippen molar-refractivity contribution in [1.29, 1.82) is 0 Å².